The molecule has 0 bridgehead atoms. The molecule has 0 aliphatic carbocycles. The summed E-state index contributed by atoms with van der Waals surface area (Å²) in [6.07, 6.45) is -16.5. The summed E-state index contributed by atoms with van der Waals surface area (Å²) in [5.74, 6) is 0. The molecule has 0 fully saturated rings. The van der Waals surface area contributed by atoms with Crippen molar-refractivity contribution in [1.29, 1.82) is 0 Å². The smallest absolute Gasteiger partial charge is 0.324 e. The Morgan fingerprint density at radius 3 is 1.41 bits per heavy atom. The average Bonchev–Trinajstić information content (AvgIpc) is 2.33. The highest BCUT2D eigenvalue weighted by Gasteiger charge is 2.45. The second kappa shape index (κ2) is 5.64. The number of rotatable bonds is 2. The third-order valence-electron chi connectivity index (χ3n) is 2.93. The molecule has 1 unspecified atom stereocenters. The van der Waals surface area contributed by atoms with Gasteiger partial charge in [-0.3, -0.25) is 0 Å². The fourth-order valence-electron chi connectivity index (χ4n) is 1.89. The van der Waals surface area contributed by atoms with Crippen LogP contribution in [0.1, 0.15) is 41.6 Å². The third kappa shape index (κ3) is 3.84. The maximum absolute atomic E-state index is 12.9. The molecule has 0 aliphatic rings. The van der Waals surface area contributed by atoms with E-state index in [-0.39, 0.29) is 18.6 Å². The molecule has 0 aromatic heterocycles. The molecular formula is C12H10F9N. The molecule has 1 nitrogen and oxygen atoms in total. The number of hydrogen-bond donors (Lipinski definition) is 1. The van der Waals surface area contributed by atoms with E-state index in [1.807, 2.05) is 0 Å². The summed E-state index contributed by atoms with van der Waals surface area (Å²) in [7, 11) is 0. The highest BCUT2D eigenvalue weighted by Crippen LogP contribution is 2.45. The van der Waals surface area contributed by atoms with Gasteiger partial charge < -0.3 is 5.73 Å². The normalized spacial score (nSPS) is 15.0. The van der Waals surface area contributed by atoms with Gasteiger partial charge in [-0.2, -0.15) is 39.5 Å². The zero-order valence-electron chi connectivity index (χ0n) is 10.9. The fraction of sp³-hybridized carbons (Fsp3) is 0.500. The molecule has 0 aliphatic heterocycles. The van der Waals surface area contributed by atoms with E-state index in [9.17, 15) is 39.5 Å². The van der Waals surface area contributed by atoms with Gasteiger partial charge in [-0.1, -0.05) is 6.92 Å². The maximum Gasteiger partial charge on any atom is 0.416 e. The molecule has 2 N–H and O–H groups in total. The Bertz CT molecular complexity index is 504. The van der Waals surface area contributed by atoms with E-state index >= 15 is 0 Å². The minimum atomic E-state index is -5.40. The average molecular weight is 339 g/mol. The fourth-order valence-corrected chi connectivity index (χ4v) is 1.89. The summed E-state index contributed by atoms with van der Waals surface area (Å²) in [6, 6.07) is -2.39. The van der Waals surface area contributed by atoms with E-state index < -0.39 is 46.8 Å². The molecule has 1 rings (SSSR count). The van der Waals surface area contributed by atoms with Crippen molar-refractivity contribution in [2.24, 2.45) is 5.73 Å². The third-order valence-corrected chi connectivity index (χ3v) is 2.93. The van der Waals surface area contributed by atoms with Gasteiger partial charge in [-0.15, -0.1) is 0 Å². The van der Waals surface area contributed by atoms with Crippen molar-refractivity contribution < 1.29 is 39.5 Å². The second-order valence-electron chi connectivity index (χ2n) is 4.49. The molecule has 0 amide bonds. The number of benzene rings is 1. The molecule has 22 heavy (non-hydrogen) atoms. The summed E-state index contributed by atoms with van der Waals surface area (Å²) < 4.78 is 115. The Kier molecular flexibility index (Phi) is 4.76. The lowest BCUT2D eigenvalue weighted by Gasteiger charge is -2.24. The van der Waals surface area contributed by atoms with Crippen molar-refractivity contribution in [3.8, 4) is 0 Å². The van der Waals surface area contributed by atoms with Crippen molar-refractivity contribution in [2.75, 3.05) is 0 Å². The van der Waals surface area contributed by atoms with Gasteiger partial charge in [0.05, 0.1) is 16.7 Å². The Labute approximate surface area is 118 Å². The van der Waals surface area contributed by atoms with Crippen LogP contribution in [0.15, 0.2) is 12.1 Å². The van der Waals surface area contributed by atoms with Gasteiger partial charge in [0.15, 0.2) is 0 Å². The van der Waals surface area contributed by atoms with E-state index in [2.05, 4.69) is 0 Å². The van der Waals surface area contributed by atoms with Gasteiger partial charge in [0, 0.05) is 6.04 Å². The lowest BCUT2D eigenvalue weighted by molar-refractivity contribution is -0.149. The standard InChI is InChI=1S/C12H10F9N/c1-2-8(22)9-6(11(16,17)18)3-5(10(13,14)15)4-7(9)12(19,20)21/h3-4,8H,2,22H2,1H3. The number of alkyl halides is 9. The Hall–Kier alpha value is -1.45. The summed E-state index contributed by atoms with van der Waals surface area (Å²) in [5, 5.41) is 0. The number of nitrogens with two attached hydrogens (primary N) is 1. The van der Waals surface area contributed by atoms with Gasteiger partial charge >= 0.3 is 18.5 Å². The first-order chi connectivity index (χ1) is 9.69. The molecule has 0 radical (unpaired) electrons. The van der Waals surface area contributed by atoms with Crippen LogP contribution in [0.2, 0.25) is 0 Å². The lowest BCUT2D eigenvalue weighted by Crippen LogP contribution is -2.24. The molecular weight excluding hydrogens is 329 g/mol. The van der Waals surface area contributed by atoms with E-state index in [0.717, 1.165) is 0 Å². The van der Waals surface area contributed by atoms with Gasteiger partial charge in [0.25, 0.3) is 0 Å². The summed E-state index contributed by atoms with van der Waals surface area (Å²) in [6.45, 7) is 1.22. The summed E-state index contributed by atoms with van der Waals surface area (Å²) >= 11 is 0. The highest BCUT2D eigenvalue weighted by molar-refractivity contribution is 5.45. The Morgan fingerprint density at radius 2 is 1.18 bits per heavy atom. The molecule has 0 spiro atoms. The first kappa shape index (κ1) is 18.6. The second-order valence-corrected chi connectivity index (χ2v) is 4.49. The van der Waals surface area contributed by atoms with Gasteiger partial charge in [0.1, 0.15) is 0 Å². The minimum absolute atomic E-state index is 0.308. The quantitative estimate of drug-likeness (QED) is 0.741. The number of halogens is 9. The predicted octanol–water partition coefficient (Wildman–Crippen LogP) is 5.15. The van der Waals surface area contributed by atoms with Crippen LogP contribution in [0.3, 0.4) is 0 Å². The van der Waals surface area contributed by atoms with Crippen LogP contribution in [0, 0.1) is 0 Å². The van der Waals surface area contributed by atoms with Crippen LogP contribution < -0.4 is 5.73 Å². The summed E-state index contributed by atoms with van der Waals surface area (Å²) in [5.41, 5.74) is -2.19. The van der Waals surface area contributed by atoms with E-state index in [1.165, 1.54) is 6.92 Å². The highest BCUT2D eigenvalue weighted by atomic mass is 19.4. The molecule has 10 heteroatoms. The topological polar surface area (TPSA) is 26.0 Å². The monoisotopic (exact) mass is 339 g/mol. The molecule has 1 aromatic rings. The van der Waals surface area contributed by atoms with Crippen molar-refractivity contribution in [2.45, 2.75) is 37.9 Å². The zero-order valence-corrected chi connectivity index (χ0v) is 10.9. The SMILES string of the molecule is CCC(N)c1c(C(F)(F)F)cc(C(F)(F)F)cc1C(F)(F)F. The van der Waals surface area contributed by atoms with Gasteiger partial charge in [-0.05, 0) is 24.1 Å². The zero-order chi connectivity index (χ0) is 17.5. The van der Waals surface area contributed by atoms with E-state index in [1.54, 1.807) is 0 Å². The van der Waals surface area contributed by atoms with Gasteiger partial charge in [-0.25, -0.2) is 0 Å². The molecule has 126 valence electrons. The summed E-state index contributed by atoms with van der Waals surface area (Å²) in [4.78, 5) is 0. The first-order valence-electron chi connectivity index (χ1n) is 5.84. The van der Waals surface area contributed by atoms with Crippen molar-refractivity contribution in [3.05, 3.63) is 34.4 Å². The minimum Gasteiger partial charge on any atom is -0.324 e. The lowest BCUT2D eigenvalue weighted by atomic mass is 9.90. The number of hydrogen-bond acceptors (Lipinski definition) is 1. The Balaban J connectivity index is 3.86. The van der Waals surface area contributed by atoms with E-state index in [0.29, 0.717) is 0 Å². The predicted molar refractivity (Wildman–Crippen MR) is 58.7 cm³/mol. The van der Waals surface area contributed by atoms with Crippen LogP contribution in [0.4, 0.5) is 39.5 Å². The Morgan fingerprint density at radius 1 is 0.818 bits per heavy atom. The molecule has 0 heterocycles. The maximum atomic E-state index is 12.9. The molecule has 1 atom stereocenters. The first-order valence-corrected chi connectivity index (χ1v) is 5.84. The van der Waals surface area contributed by atoms with Crippen LogP contribution >= 0.6 is 0 Å². The van der Waals surface area contributed by atoms with Crippen LogP contribution in [-0.4, -0.2) is 0 Å². The van der Waals surface area contributed by atoms with Crippen LogP contribution in [-0.2, 0) is 18.5 Å². The van der Waals surface area contributed by atoms with Gasteiger partial charge in [0.2, 0.25) is 0 Å². The van der Waals surface area contributed by atoms with Crippen molar-refractivity contribution in [3.63, 3.8) is 0 Å². The van der Waals surface area contributed by atoms with E-state index in [4.69, 9.17) is 5.73 Å². The molecule has 1 aromatic carbocycles. The van der Waals surface area contributed by atoms with Crippen LogP contribution in [0.25, 0.3) is 0 Å². The van der Waals surface area contributed by atoms with Crippen molar-refractivity contribution in [1.82, 2.24) is 0 Å². The van der Waals surface area contributed by atoms with Crippen molar-refractivity contribution >= 4 is 0 Å². The largest absolute Gasteiger partial charge is 0.416 e. The van der Waals surface area contributed by atoms with Crippen LogP contribution in [0.5, 0.6) is 0 Å². The molecule has 0 saturated heterocycles. The molecule has 0 saturated carbocycles.